The fourth-order valence-corrected chi connectivity index (χ4v) is 0.644. The highest BCUT2D eigenvalue weighted by Crippen LogP contribution is 2.02. The molecule has 0 aromatic heterocycles. The summed E-state index contributed by atoms with van der Waals surface area (Å²) in [4.78, 5) is 11.8. The van der Waals surface area contributed by atoms with Crippen LogP contribution < -0.4 is 0 Å². The molecule has 4 heteroatoms. The first-order chi connectivity index (χ1) is 4.95. The van der Waals surface area contributed by atoms with Gasteiger partial charge in [0.05, 0.1) is 6.42 Å². The van der Waals surface area contributed by atoms with Gasteiger partial charge >= 0.3 is 5.97 Å². The van der Waals surface area contributed by atoms with Gasteiger partial charge in [0.2, 0.25) is 0 Å². The van der Waals surface area contributed by atoms with Gasteiger partial charge in [0.25, 0.3) is 0 Å². The molecule has 0 bridgehead atoms. The summed E-state index contributed by atoms with van der Waals surface area (Å²) in [6.07, 6.45) is -1.11. The summed E-state index contributed by atoms with van der Waals surface area (Å²) in [5.41, 5.74) is 0. The number of nitrogens with zero attached hydrogens (tertiary/aromatic N) is 1. The van der Waals surface area contributed by atoms with E-state index in [1.54, 1.807) is 11.9 Å². The fraction of sp³-hybridized carbons (Fsp3) is 0.857. The van der Waals surface area contributed by atoms with Crippen LogP contribution in [0.5, 0.6) is 0 Å². The van der Waals surface area contributed by atoms with E-state index < -0.39 is 12.2 Å². The first-order valence-corrected chi connectivity index (χ1v) is 3.57. The van der Waals surface area contributed by atoms with E-state index in [9.17, 15) is 9.90 Å². The summed E-state index contributed by atoms with van der Waals surface area (Å²) in [6, 6.07) is 0.157. The van der Waals surface area contributed by atoms with E-state index in [0.29, 0.717) is 0 Å². The lowest BCUT2D eigenvalue weighted by Crippen LogP contribution is -2.38. The second-order valence-corrected chi connectivity index (χ2v) is 2.84. The number of aliphatic hydroxyl groups excluding tert-OH is 1. The van der Waals surface area contributed by atoms with Gasteiger partial charge in [-0.15, -0.1) is 0 Å². The minimum Gasteiger partial charge on any atom is -0.481 e. The molecule has 66 valence electrons. The number of carboxylic acids is 1. The molecule has 0 heterocycles. The second-order valence-electron chi connectivity index (χ2n) is 2.84. The van der Waals surface area contributed by atoms with Gasteiger partial charge in [0.1, 0.15) is 6.23 Å². The third-order valence-corrected chi connectivity index (χ3v) is 1.64. The van der Waals surface area contributed by atoms with E-state index in [4.69, 9.17) is 5.11 Å². The van der Waals surface area contributed by atoms with Crippen molar-refractivity contribution in [3.05, 3.63) is 0 Å². The molecule has 0 aliphatic heterocycles. The first kappa shape index (κ1) is 10.4. The minimum atomic E-state index is -0.981. The molecule has 0 saturated carbocycles. The number of hydrogen-bond donors (Lipinski definition) is 2. The van der Waals surface area contributed by atoms with Gasteiger partial charge in [-0.1, -0.05) is 0 Å². The Bertz CT molecular complexity index is 136. The molecular weight excluding hydrogens is 146 g/mol. The Balaban J connectivity index is 3.82. The number of aliphatic carboxylic acids is 1. The summed E-state index contributed by atoms with van der Waals surface area (Å²) < 4.78 is 0. The lowest BCUT2D eigenvalue weighted by molar-refractivity contribution is -0.142. The quantitative estimate of drug-likeness (QED) is 0.575. The molecule has 1 unspecified atom stereocenters. The third kappa shape index (κ3) is 3.95. The van der Waals surface area contributed by atoms with Crippen molar-refractivity contribution in [2.45, 2.75) is 32.5 Å². The Labute approximate surface area is 66.4 Å². The fourth-order valence-electron chi connectivity index (χ4n) is 0.644. The number of carboxylic acid groups (broad SMARTS) is 1. The molecule has 11 heavy (non-hydrogen) atoms. The van der Waals surface area contributed by atoms with Gasteiger partial charge in [0.15, 0.2) is 0 Å². The average molecular weight is 161 g/mol. The van der Waals surface area contributed by atoms with E-state index in [1.807, 2.05) is 13.8 Å². The van der Waals surface area contributed by atoms with Crippen molar-refractivity contribution in [2.24, 2.45) is 0 Å². The maximum absolute atomic E-state index is 10.2. The molecule has 0 saturated heterocycles. The lowest BCUT2D eigenvalue weighted by Gasteiger charge is -2.25. The first-order valence-electron chi connectivity index (χ1n) is 3.57. The molecular formula is C7H15NO3. The van der Waals surface area contributed by atoms with Crippen LogP contribution >= 0.6 is 0 Å². The average Bonchev–Trinajstić information content (AvgIpc) is 1.84. The van der Waals surface area contributed by atoms with Crippen LogP contribution in [-0.4, -0.2) is 40.4 Å². The van der Waals surface area contributed by atoms with Crippen LogP contribution in [-0.2, 0) is 4.79 Å². The summed E-state index contributed by atoms with van der Waals surface area (Å²) in [5, 5.41) is 17.5. The van der Waals surface area contributed by atoms with Crippen LogP contribution in [0.1, 0.15) is 20.3 Å². The van der Waals surface area contributed by atoms with Gasteiger partial charge < -0.3 is 10.2 Å². The van der Waals surface area contributed by atoms with Gasteiger partial charge in [-0.3, -0.25) is 9.69 Å². The van der Waals surface area contributed by atoms with E-state index in [-0.39, 0.29) is 12.5 Å². The van der Waals surface area contributed by atoms with Crippen molar-refractivity contribution in [2.75, 3.05) is 7.05 Å². The zero-order valence-corrected chi connectivity index (χ0v) is 7.11. The van der Waals surface area contributed by atoms with Crippen LogP contribution in [0.15, 0.2) is 0 Å². The van der Waals surface area contributed by atoms with Crippen molar-refractivity contribution in [3.8, 4) is 0 Å². The van der Waals surface area contributed by atoms with Gasteiger partial charge in [-0.2, -0.15) is 0 Å². The smallest absolute Gasteiger partial charge is 0.307 e. The Hall–Kier alpha value is -0.610. The summed E-state index contributed by atoms with van der Waals surface area (Å²) in [7, 11) is 1.69. The van der Waals surface area contributed by atoms with Crippen molar-refractivity contribution >= 4 is 5.97 Å². The van der Waals surface area contributed by atoms with E-state index in [2.05, 4.69) is 0 Å². The lowest BCUT2D eigenvalue weighted by atomic mass is 10.3. The molecule has 2 N–H and O–H groups in total. The second kappa shape index (κ2) is 4.31. The van der Waals surface area contributed by atoms with Gasteiger partial charge in [0, 0.05) is 6.04 Å². The topological polar surface area (TPSA) is 60.8 Å². The third-order valence-electron chi connectivity index (χ3n) is 1.64. The van der Waals surface area contributed by atoms with E-state index in [1.165, 1.54) is 0 Å². The monoisotopic (exact) mass is 161 g/mol. The van der Waals surface area contributed by atoms with Crippen molar-refractivity contribution in [1.29, 1.82) is 0 Å². The molecule has 0 rings (SSSR count). The predicted molar refractivity (Wildman–Crippen MR) is 41.2 cm³/mol. The van der Waals surface area contributed by atoms with Crippen LogP contribution in [0.3, 0.4) is 0 Å². The van der Waals surface area contributed by atoms with Crippen LogP contribution in [0.4, 0.5) is 0 Å². The highest BCUT2D eigenvalue weighted by Gasteiger charge is 2.16. The predicted octanol–water partition coefficient (Wildman–Crippen LogP) is 0.120. The summed E-state index contributed by atoms with van der Waals surface area (Å²) in [6.45, 7) is 3.79. The molecule has 0 aliphatic rings. The van der Waals surface area contributed by atoms with Gasteiger partial charge in [-0.05, 0) is 20.9 Å². The molecule has 0 spiro atoms. The molecule has 0 amide bonds. The standard InChI is InChI=1S/C7H15NO3/c1-5(2)8(3)6(9)4-7(10)11/h5-6,9H,4H2,1-3H3,(H,10,11). The van der Waals surface area contributed by atoms with Crippen molar-refractivity contribution in [3.63, 3.8) is 0 Å². The maximum Gasteiger partial charge on any atom is 0.307 e. The molecule has 4 nitrogen and oxygen atoms in total. The van der Waals surface area contributed by atoms with Crippen molar-refractivity contribution in [1.82, 2.24) is 4.90 Å². The molecule has 0 aromatic carbocycles. The Kier molecular flexibility index (Phi) is 4.07. The van der Waals surface area contributed by atoms with Crippen LogP contribution in [0.25, 0.3) is 0 Å². The van der Waals surface area contributed by atoms with Crippen LogP contribution in [0, 0.1) is 0 Å². The Morgan fingerprint density at radius 2 is 2.00 bits per heavy atom. The largest absolute Gasteiger partial charge is 0.481 e. The molecule has 1 atom stereocenters. The zero-order chi connectivity index (χ0) is 9.02. The number of rotatable bonds is 4. The molecule has 0 aromatic rings. The van der Waals surface area contributed by atoms with E-state index in [0.717, 1.165) is 0 Å². The molecule has 0 radical (unpaired) electrons. The number of aliphatic hydroxyl groups is 1. The molecule has 0 fully saturated rings. The maximum atomic E-state index is 10.2. The molecule has 0 aliphatic carbocycles. The Morgan fingerprint density at radius 1 is 1.55 bits per heavy atom. The highest BCUT2D eigenvalue weighted by molar-refractivity contribution is 5.67. The summed E-state index contributed by atoms with van der Waals surface area (Å²) in [5.74, 6) is -0.981. The zero-order valence-electron chi connectivity index (χ0n) is 7.11. The van der Waals surface area contributed by atoms with Gasteiger partial charge in [-0.25, -0.2) is 0 Å². The minimum absolute atomic E-state index is 0.157. The number of carbonyl (C=O) groups is 1. The van der Waals surface area contributed by atoms with Crippen molar-refractivity contribution < 1.29 is 15.0 Å². The highest BCUT2D eigenvalue weighted by atomic mass is 16.4. The Morgan fingerprint density at radius 3 is 2.27 bits per heavy atom. The van der Waals surface area contributed by atoms with Crippen LogP contribution in [0.2, 0.25) is 0 Å². The normalized spacial score (nSPS) is 14.0. The SMILES string of the molecule is CC(C)N(C)C(O)CC(=O)O. The van der Waals surface area contributed by atoms with E-state index >= 15 is 0 Å². The number of hydrogen-bond acceptors (Lipinski definition) is 3. The summed E-state index contributed by atoms with van der Waals surface area (Å²) >= 11 is 0.